The summed E-state index contributed by atoms with van der Waals surface area (Å²) in [5, 5.41) is 0. The van der Waals surface area contributed by atoms with Crippen LogP contribution in [0.4, 0.5) is 0 Å². The first-order valence-corrected chi connectivity index (χ1v) is 6.52. The normalized spacial score (nSPS) is 29.9. The molecule has 2 N–H and O–H groups in total. The first-order chi connectivity index (χ1) is 7.95. The van der Waals surface area contributed by atoms with E-state index in [0.29, 0.717) is 0 Å². The highest BCUT2D eigenvalue weighted by atomic mass is 32.1. The summed E-state index contributed by atoms with van der Waals surface area (Å²) in [4.78, 5) is 26.0. The summed E-state index contributed by atoms with van der Waals surface area (Å²) in [7, 11) is 0. The second-order valence-corrected chi connectivity index (χ2v) is 5.75. The van der Waals surface area contributed by atoms with Crippen LogP contribution in [0, 0.1) is 17.8 Å². The minimum absolute atomic E-state index is 0.0657. The van der Waals surface area contributed by atoms with Crippen molar-refractivity contribution >= 4 is 29.0 Å². The van der Waals surface area contributed by atoms with E-state index in [0.717, 1.165) is 19.3 Å². The van der Waals surface area contributed by atoms with Crippen LogP contribution in [-0.4, -0.2) is 27.7 Å². The molecular weight excluding hydrogens is 236 g/mol. The number of nitrogens with zero attached hydrogens (tertiary/aromatic N) is 1. The standard InChI is InChI=1S/C12H18N2O2S/c1-6(2)9(10(13)17)14-11(15)7-4-3-5-8(7)12(14)16/h6-9H,3-5H2,1-2H3,(H2,13,17). The molecule has 2 aliphatic rings. The maximum atomic E-state index is 12.2. The molecule has 0 spiro atoms. The number of thiocarbonyl (C=S) groups is 1. The molecule has 0 aromatic carbocycles. The Labute approximate surface area is 107 Å². The number of amides is 2. The summed E-state index contributed by atoms with van der Waals surface area (Å²) in [5.41, 5.74) is 5.68. The average molecular weight is 254 g/mol. The lowest BCUT2D eigenvalue weighted by atomic mass is 10.00. The molecule has 0 aromatic rings. The number of carbonyl (C=O) groups is 2. The quantitative estimate of drug-likeness (QED) is 0.605. The summed E-state index contributed by atoms with van der Waals surface area (Å²) < 4.78 is 0. The molecule has 2 rings (SSSR count). The van der Waals surface area contributed by atoms with Gasteiger partial charge in [0.15, 0.2) is 0 Å². The molecule has 5 heteroatoms. The predicted molar refractivity (Wildman–Crippen MR) is 68.1 cm³/mol. The third-order valence-electron chi connectivity index (χ3n) is 3.83. The Balaban J connectivity index is 2.30. The Morgan fingerprint density at radius 3 is 2.12 bits per heavy atom. The lowest BCUT2D eigenvalue weighted by Crippen LogP contribution is -2.50. The van der Waals surface area contributed by atoms with E-state index in [2.05, 4.69) is 0 Å². The lowest BCUT2D eigenvalue weighted by molar-refractivity contribution is -0.142. The van der Waals surface area contributed by atoms with Gasteiger partial charge in [-0.3, -0.25) is 14.5 Å². The van der Waals surface area contributed by atoms with Crippen LogP contribution < -0.4 is 5.73 Å². The summed E-state index contributed by atoms with van der Waals surface area (Å²) in [6.45, 7) is 3.86. The monoisotopic (exact) mass is 254 g/mol. The fourth-order valence-electron chi connectivity index (χ4n) is 3.05. The van der Waals surface area contributed by atoms with Crippen LogP contribution in [-0.2, 0) is 9.59 Å². The van der Waals surface area contributed by atoms with Crippen molar-refractivity contribution < 1.29 is 9.59 Å². The van der Waals surface area contributed by atoms with Gasteiger partial charge in [0.1, 0.15) is 0 Å². The van der Waals surface area contributed by atoms with Gasteiger partial charge < -0.3 is 5.73 Å². The molecule has 1 aliphatic heterocycles. The van der Waals surface area contributed by atoms with Gasteiger partial charge in [0, 0.05) is 0 Å². The first kappa shape index (κ1) is 12.5. The van der Waals surface area contributed by atoms with Gasteiger partial charge in [-0.25, -0.2) is 0 Å². The van der Waals surface area contributed by atoms with Crippen LogP contribution in [0.5, 0.6) is 0 Å². The van der Waals surface area contributed by atoms with E-state index in [1.54, 1.807) is 0 Å². The molecule has 2 fully saturated rings. The largest absolute Gasteiger partial charge is 0.392 e. The van der Waals surface area contributed by atoms with Gasteiger partial charge in [-0.1, -0.05) is 32.5 Å². The molecule has 94 valence electrons. The van der Waals surface area contributed by atoms with E-state index in [9.17, 15) is 9.59 Å². The van der Waals surface area contributed by atoms with Crippen molar-refractivity contribution in [1.82, 2.24) is 4.90 Å². The SMILES string of the molecule is CC(C)C(C(N)=S)N1C(=O)C2CCCC2C1=O. The third-order valence-corrected chi connectivity index (χ3v) is 4.07. The van der Waals surface area contributed by atoms with Crippen molar-refractivity contribution in [3.8, 4) is 0 Å². The van der Waals surface area contributed by atoms with Crippen molar-refractivity contribution in [1.29, 1.82) is 0 Å². The molecular formula is C12H18N2O2S. The number of rotatable bonds is 3. The summed E-state index contributed by atoms with van der Waals surface area (Å²) in [5.74, 6) is -0.288. The van der Waals surface area contributed by atoms with Gasteiger partial charge in [0.2, 0.25) is 11.8 Å². The number of hydrogen-bond acceptors (Lipinski definition) is 3. The highest BCUT2D eigenvalue weighted by molar-refractivity contribution is 7.80. The molecule has 3 atom stereocenters. The molecule has 1 saturated carbocycles. The van der Waals surface area contributed by atoms with Crippen molar-refractivity contribution in [2.75, 3.05) is 0 Å². The Morgan fingerprint density at radius 2 is 1.76 bits per heavy atom. The van der Waals surface area contributed by atoms with Crippen LogP contribution in [0.2, 0.25) is 0 Å². The highest BCUT2D eigenvalue weighted by Crippen LogP contribution is 2.41. The molecule has 1 saturated heterocycles. The average Bonchev–Trinajstić information content (AvgIpc) is 2.77. The van der Waals surface area contributed by atoms with E-state index in [4.69, 9.17) is 18.0 Å². The molecule has 2 amide bonds. The Morgan fingerprint density at radius 1 is 1.29 bits per heavy atom. The van der Waals surface area contributed by atoms with Crippen molar-refractivity contribution in [3.63, 3.8) is 0 Å². The zero-order chi connectivity index (χ0) is 12.7. The van der Waals surface area contributed by atoms with E-state index in [1.807, 2.05) is 13.8 Å². The van der Waals surface area contributed by atoms with Crippen LogP contribution in [0.15, 0.2) is 0 Å². The second kappa shape index (κ2) is 4.37. The van der Waals surface area contributed by atoms with Crippen molar-refractivity contribution in [2.24, 2.45) is 23.5 Å². The fraction of sp³-hybridized carbons (Fsp3) is 0.750. The number of nitrogens with two attached hydrogens (primary N) is 1. The van der Waals surface area contributed by atoms with E-state index in [1.165, 1.54) is 4.90 Å². The van der Waals surface area contributed by atoms with Crippen molar-refractivity contribution in [2.45, 2.75) is 39.2 Å². The Bertz CT molecular complexity index is 359. The number of imide groups is 1. The maximum absolute atomic E-state index is 12.2. The zero-order valence-corrected chi connectivity index (χ0v) is 11.0. The first-order valence-electron chi connectivity index (χ1n) is 6.11. The molecule has 1 aliphatic carbocycles. The number of carbonyl (C=O) groups excluding carboxylic acids is 2. The Kier molecular flexibility index (Phi) is 3.21. The summed E-state index contributed by atoms with van der Waals surface area (Å²) >= 11 is 5.00. The minimum Gasteiger partial charge on any atom is -0.392 e. The molecule has 4 nitrogen and oxygen atoms in total. The minimum atomic E-state index is -0.421. The van der Waals surface area contributed by atoms with E-state index < -0.39 is 6.04 Å². The zero-order valence-electron chi connectivity index (χ0n) is 10.2. The van der Waals surface area contributed by atoms with Gasteiger partial charge in [-0.15, -0.1) is 0 Å². The number of hydrogen-bond donors (Lipinski definition) is 1. The van der Waals surface area contributed by atoms with E-state index >= 15 is 0 Å². The lowest BCUT2D eigenvalue weighted by Gasteiger charge is -2.29. The maximum Gasteiger partial charge on any atom is 0.233 e. The van der Waals surface area contributed by atoms with Crippen LogP contribution in [0.25, 0.3) is 0 Å². The smallest absolute Gasteiger partial charge is 0.233 e. The highest BCUT2D eigenvalue weighted by Gasteiger charge is 2.52. The summed E-state index contributed by atoms with van der Waals surface area (Å²) in [6.07, 6.45) is 2.63. The van der Waals surface area contributed by atoms with Gasteiger partial charge in [0.25, 0.3) is 0 Å². The number of fused-ring (bicyclic) bond motifs is 1. The van der Waals surface area contributed by atoms with Gasteiger partial charge in [-0.05, 0) is 18.8 Å². The predicted octanol–water partition coefficient (Wildman–Crippen LogP) is 1.08. The van der Waals surface area contributed by atoms with Gasteiger partial charge in [-0.2, -0.15) is 0 Å². The molecule has 0 bridgehead atoms. The van der Waals surface area contributed by atoms with Crippen LogP contribution >= 0.6 is 12.2 Å². The van der Waals surface area contributed by atoms with Gasteiger partial charge in [0.05, 0.1) is 22.9 Å². The molecule has 0 radical (unpaired) electrons. The van der Waals surface area contributed by atoms with Crippen LogP contribution in [0.1, 0.15) is 33.1 Å². The van der Waals surface area contributed by atoms with E-state index in [-0.39, 0.29) is 34.6 Å². The Hall–Kier alpha value is -0.970. The van der Waals surface area contributed by atoms with Gasteiger partial charge >= 0.3 is 0 Å². The topological polar surface area (TPSA) is 63.4 Å². The molecule has 0 aromatic heterocycles. The summed E-state index contributed by atoms with van der Waals surface area (Å²) in [6, 6.07) is -0.421. The molecule has 1 heterocycles. The second-order valence-electron chi connectivity index (χ2n) is 5.28. The van der Waals surface area contributed by atoms with Crippen molar-refractivity contribution in [3.05, 3.63) is 0 Å². The third kappa shape index (κ3) is 1.86. The van der Waals surface area contributed by atoms with Crippen LogP contribution in [0.3, 0.4) is 0 Å². The number of likely N-dealkylation sites (tertiary alicyclic amines) is 1. The fourth-order valence-corrected chi connectivity index (χ4v) is 3.42. The molecule has 3 unspecified atom stereocenters. The molecule has 17 heavy (non-hydrogen) atoms.